The maximum atomic E-state index is 6.61. The van der Waals surface area contributed by atoms with Crippen LogP contribution in [0, 0.1) is 0 Å². The first kappa shape index (κ1) is 23.2. The van der Waals surface area contributed by atoms with Crippen molar-refractivity contribution in [1.82, 2.24) is 14.5 Å². The van der Waals surface area contributed by atoms with Crippen LogP contribution in [0.1, 0.15) is 17.7 Å². The van der Waals surface area contributed by atoms with E-state index in [9.17, 15) is 0 Å². The summed E-state index contributed by atoms with van der Waals surface area (Å²) in [6.45, 7) is 0. The van der Waals surface area contributed by atoms with Crippen molar-refractivity contribution in [3.63, 3.8) is 0 Å². The summed E-state index contributed by atoms with van der Waals surface area (Å²) in [4.78, 5) is 10.2. The molecule has 0 saturated carbocycles. The summed E-state index contributed by atoms with van der Waals surface area (Å²) in [5.74, 6) is 1.70. The Bertz CT molecular complexity index is 2340. The summed E-state index contributed by atoms with van der Waals surface area (Å²) < 4.78 is 8.96. The van der Waals surface area contributed by atoms with Crippen LogP contribution in [0.3, 0.4) is 0 Å². The molecule has 0 spiro atoms. The van der Waals surface area contributed by atoms with E-state index in [0.717, 1.165) is 74.5 Å². The summed E-state index contributed by atoms with van der Waals surface area (Å²) in [7, 11) is 0. The molecule has 0 atom stereocenters. The molecule has 4 heteroatoms. The fourth-order valence-corrected chi connectivity index (χ4v) is 6.54. The largest absolute Gasteiger partial charge is 0.454 e. The number of furan rings is 1. The molecule has 4 nitrogen and oxygen atoms in total. The van der Waals surface area contributed by atoms with E-state index in [1.165, 1.54) is 21.7 Å². The van der Waals surface area contributed by atoms with E-state index in [1.807, 2.05) is 24.3 Å². The number of nitrogens with zero attached hydrogens (tertiary/aromatic N) is 3. The number of rotatable bonds is 3. The normalized spacial score (nSPS) is 13.0. The van der Waals surface area contributed by atoms with E-state index in [4.69, 9.17) is 14.4 Å². The number of hydrogen-bond donors (Lipinski definition) is 0. The third kappa shape index (κ3) is 3.42. The third-order valence-corrected chi connectivity index (χ3v) is 8.47. The van der Waals surface area contributed by atoms with Gasteiger partial charge in [0.15, 0.2) is 11.4 Å². The number of aromatic nitrogens is 3. The Morgan fingerprint density at radius 3 is 2.26 bits per heavy atom. The number of hydrogen-bond acceptors (Lipinski definition) is 3. The van der Waals surface area contributed by atoms with E-state index in [1.54, 1.807) is 0 Å². The Balaban J connectivity index is 1.37. The van der Waals surface area contributed by atoms with Gasteiger partial charge in [0.1, 0.15) is 5.76 Å². The lowest BCUT2D eigenvalue weighted by molar-refractivity contribution is 0.597. The molecule has 1 aliphatic rings. The molecular weight excluding hydrogens is 514 g/mol. The molecule has 0 saturated heterocycles. The molecule has 0 amide bonds. The van der Waals surface area contributed by atoms with Gasteiger partial charge in [-0.1, -0.05) is 97.1 Å². The zero-order valence-electron chi connectivity index (χ0n) is 22.8. The molecule has 5 aromatic carbocycles. The lowest BCUT2D eigenvalue weighted by Gasteiger charge is -2.13. The van der Waals surface area contributed by atoms with Crippen LogP contribution in [0.25, 0.3) is 78.1 Å². The Hall–Kier alpha value is -5.48. The van der Waals surface area contributed by atoms with Crippen LogP contribution in [-0.2, 0) is 6.42 Å². The summed E-state index contributed by atoms with van der Waals surface area (Å²) >= 11 is 0. The van der Waals surface area contributed by atoms with Gasteiger partial charge < -0.3 is 8.98 Å². The van der Waals surface area contributed by atoms with Gasteiger partial charge in [0.2, 0.25) is 0 Å². The van der Waals surface area contributed by atoms with Gasteiger partial charge >= 0.3 is 0 Å². The second-order valence-electron chi connectivity index (χ2n) is 10.9. The molecule has 0 bridgehead atoms. The molecule has 9 rings (SSSR count). The number of benzene rings is 5. The second-order valence-corrected chi connectivity index (χ2v) is 10.9. The summed E-state index contributed by atoms with van der Waals surface area (Å²) in [6.07, 6.45) is 6.37. The molecule has 0 N–H and O–H groups in total. The van der Waals surface area contributed by atoms with Crippen molar-refractivity contribution in [2.45, 2.75) is 12.8 Å². The smallest absolute Gasteiger partial charge is 0.160 e. The number of fused-ring (bicyclic) bond motifs is 8. The molecule has 0 fully saturated rings. The maximum absolute atomic E-state index is 6.61. The van der Waals surface area contributed by atoms with E-state index in [-0.39, 0.29) is 0 Å². The third-order valence-electron chi connectivity index (χ3n) is 8.47. The van der Waals surface area contributed by atoms with Gasteiger partial charge in [-0.15, -0.1) is 0 Å². The molecule has 8 aromatic rings. The fraction of sp³-hybridized carbons (Fsp3) is 0.0526. The summed E-state index contributed by atoms with van der Waals surface area (Å²) in [6, 6.07) is 40.2. The highest BCUT2D eigenvalue weighted by atomic mass is 16.3. The molecule has 3 heterocycles. The van der Waals surface area contributed by atoms with Crippen LogP contribution in [0.15, 0.2) is 126 Å². The van der Waals surface area contributed by atoms with Crippen LogP contribution in [0.5, 0.6) is 0 Å². The predicted molar refractivity (Wildman–Crippen MR) is 172 cm³/mol. The summed E-state index contributed by atoms with van der Waals surface area (Å²) in [5, 5.41) is 4.61. The van der Waals surface area contributed by atoms with Gasteiger partial charge in [-0.25, -0.2) is 9.97 Å². The van der Waals surface area contributed by atoms with Crippen LogP contribution in [0.4, 0.5) is 0 Å². The highest BCUT2D eigenvalue weighted by Crippen LogP contribution is 2.41. The monoisotopic (exact) mass is 539 g/mol. The van der Waals surface area contributed by atoms with Crippen LogP contribution < -0.4 is 0 Å². The fourth-order valence-electron chi connectivity index (χ4n) is 6.54. The van der Waals surface area contributed by atoms with Crippen molar-refractivity contribution in [3.05, 3.63) is 133 Å². The first-order chi connectivity index (χ1) is 20.8. The molecule has 0 aliphatic heterocycles. The highest BCUT2D eigenvalue weighted by molar-refractivity contribution is 6.18. The topological polar surface area (TPSA) is 43.9 Å². The average molecular weight is 540 g/mol. The average Bonchev–Trinajstić information content (AvgIpc) is 3.61. The predicted octanol–water partition coefficient (Wildman–Crippen LogP) is 9.77. The van der Waals surface area contributed by atoms with E-state index < -0.39 is 0 Å². The molecular formula is C38H25N3O. The van der Waals surface area contributed by atoms with Gasteiger partial charge in [-0.3, -0.25) is 0 Å². The zero-order valence-corrected chi connectivity index (χ0v) is 22.8. The first-order valence-corrected chi connectivity index (χ1v) is 14.4. The molecule has 0 unspecified atom stereocenters. The Labute approximate surface area is 242 Å². The standard InChI is InChI=1S/C38H25N3O/c1-3-11-24(12-4-1)35-31-23-26(19-22-32(31)39-38(40-35)25-13-5-2-6-14-25)41-33-17-9-7-15-27(33)29-20-21-30-28-16-8-10-18-34(28)42-37(30)36(29)41/h1-7,9-15,17-23H,8,16H2. The van der Waals surface area contributed by atoms with Gasteiger partial charge in [0.25, 0.3) is 0 Å². The maximum Gasteiger partial charge on any atom is 0.160 e. The van der Waals surface area contributed by atoms with Crippen LogP contribution in [-0.4, -0.2) is 14.5 Å². The second kappa shape index (κ2) is 9.02. The van der Waals surface area contributed by atoms with Crippen molar-refractivity contribution in [1.29, 1.82) is 0 Å². The van der Waals surface area contributed by atoms with Crippen molar-refractivity contribution < 1.29 is 4.42 Å². The van der Waals surface area contributed by atoms with Crippen LogP contribution >= 0.6 is 0 Å². The molecule has 42 heavy (non-hydrogen) atoms. The van der Waals surface area contributed by atoms with Crippen LogP contribution in [0.2, 0.25) is 0 Å². The Morgan fingerprint density at radius 2 is 1.40 bits per heavy atom. The molecule has 3 aromatic heterocycles. The Kier molecular flexibility index (Phi) is 4.99. The van der Waals surface area contributed by atoms with Gasteiger partial charge in [-0.2, -0.15) is 0 Å². The summed E-state index contributed by atoms with van der Waals surface area (Å²) in [5.41, 5.74) is 9.44. The lowest BCUT2D eigenvalue weighted by Crippen LogP contribution is -1.98. The van der Waals surface area contributed by atoms with Crippen molar-refractivity contribution >= 4 is 49.8 Å². The number of para-hydroxylation sites is 1. The van der Waals surface area contributed by atoms with E-state index in [0.29, 0.717) is 0 Å². The zero-order chi connectivity index (χ0) is 27.6. The first-order valence-electron chi connectivity index (χ1n) is 14.4. The van der Waals surface area contributed by atoms with E-state index in [2.05, 4.69) is 108 Å². The van der Waals surface area contributed by atoms with Crippen molar-refractivity contribution in [3.8, 4) is 28.3 Å². The Morgan fingerprint density at radius 1 is 0.643 bits per heavy atom. The van der Waals surface area contributed by atoms with Crippen molar-refractivity contribution in [2.75, 3.05) is 0 Å². The van der Waals surface area contributed by atoms with Crippen molar-refractivity contribution in [2.24, 2.45) is 0 Å². The number of aryl methyl sites for hydroxylation is 1. The van der Waals surface area contributed by atoms with Gasteiger partial charge in [0.05, 0.1) is 22.2 Å². The minimum absolute atomic E-state index is 0.725. The minimum atomic E-state index is 0.725. The molecule has 1 aliphatic carbocycles. The SMILES string of the molecule is C1=Cc2oc3c(ccc4c5ccccc5n(-c5ccc6nc(-c7ccccc7)nc(-c7ccccc7)c6c5)c43)c2CC1. The number of allylic oxidation sites excluding steroid dienone is 1. The minimum Gasteiger partial charge on any atom is -0.454 e. The quantitative estimate of drug-likeness (QED) is 0.224. The van der Waals surface area contributed by atoms with E-state index >= 15 is 0 Å². The highest BCUT2D eigenvalue weighted by Gasteiger charge is 2.22. The van der Waals surface area contributed by atoms with Gasteiger partial charge in [-0.05, 0) is 43.2 Å². The molecule has 0 radical (unpaired) electrons. The lowest BCUT2D eigenvalue weighted by atomic mass is 10.0. The van der Waals surface area contributed by atoms with Gasteiger partial charge in [0, 0.05) is 43.9 Å². The molecule has 198 valence electrons.